The smallest absolute Gasteiger partial charge is 0.133 e. The Kier molecular flexibility index (Phi) is 2.78. The number of hydrogen-bond donors (Lipinski definition) is 1. The lowest BCUT2D eigenvalue weighted by molar-refractivity contribution is 0.422. The maximum atomic E-state index is 13.6. The van der Waals surface area contributed by atoms with Crippen LogP contribution in [0.1, 0.15) is 5.56 Å². The second kappa shape index (κ2) is 4.23. The zero-order chi connectivity index (χ0) is 10.7. The highest BCUT2D eigenvalue weighted by Gasteiger charge is 2.08. The number of aromatic nitrogens is 1. The fourth-order valence-corrected chi connectivity index (χ4v) is 1.43. The van der Waals surface area contributed by atoms with Gasteiger partial charge in [0.25, 0.3) is 0 Å². The number of nitrogens with one attached hydrogen (secondary N) is 1. The summed E-state index contributed by atoms with van der Waals surface area (Å²) in [5.41, 5.74) is 1.88. The molecule has 4 heteroatoms. The summed E-state index contributed by atoms with van der Waals surface area (Å²) in [4.78, 5) is 0. The lowest BCUT2D eigenvalue weighted by atomic mass is 10.1. The Labute approximate surface area is 86.9 Å². The molecule has 2 rings (SSSR count). The van der Waals surface area contributed by atoms with E-state index in [-0.39, 0.29) is 5.82 Å². The number of rotatable bonds is 3. The molecule has 0 saturated carbocycles. The summed E-state index contributed by atoms with van der Waals surface area (Å²) in [5.74, 6) is -0.281. The van der Waals surface area contributed by atoms with Crippen LogP contribution in [0.25, 0.3) is 11.3 Å². The van der Waals surface area contributed by atoms with Crippen LogP contribution < -0.4 is 5.32 Å². The van der Waals surface area contributed by atoms with Crippen molar-refractivity contribution in [2.24, 2.45) is 0 Å². The molecule has 78 valence electrons. The van der Waals surface area contributed by atoms with Gasteiger partial charge < -0.3 is 9.84 Å². The van der Waals surface area contributed by atoms with Crippen molar-refractivity contribution in [1.82, 2.24) is 10.5 Å². The van der Waals surface area contributed by atoms with Crippen molar-refractivity contribution < 1.29 is 8.91 Å². The molecule has 0 fully saturated rings. The molecule has 0 radical (unpaired) electrons. The quantitative estimate of drug-likeness (QED) is 0.836. The lowest BCUT2D eigenvalue weighted by Gasteiger charge is -2.03. The van der Waals surface area contributed by atoms with E-state index in [1.165, 1.54) is 12.3 Å². The normalized spacial score (nSPS) is 10.5. The second-order valence-corrected chi connectivity index (χ2v) is 3.23. The van der Waals surface area contributed by atoms with Gasteiger partial charge in [0.1, 0.15) is 17.8 Å². The molecule has 0 bridgehead atoms. The summed E-state index contributed by atoms with van der Waals surface area (Å²) < 4.78 is 18.3. The van der Waals surface area contributed by atoms with Crippen molar-refractivity contribution in [3.63, 3.8) is 0 Å². The van der Waals surface area contributed by atoms with Gasteiger partial charge >= 0.3 is 0 Å². The second-order valence-electron chi connectivity index (χ2n) is 3.23. The van der Waals surface area contributed by atoms with Gasteiger partial charge in [0.2, 0.25) is 0 Å². The summed E-state index contributed by atoms with van der Waals surface area (Å²) in [6.45, 7) is 0.649. The summed E-state index contributed by atoms with van der Waals surface area (Å²) in [6.07, 6.45) is 1.43. The fourth-order valence-electron chi connectivity index (χ4n) is 1.43. The molecule has 1 aromatic heterocycles. The van der Waals surface area contributed by atoms with Crippen molar-refractivity contribution in [3.8, 4) is 11.3 Å². The largest absolute Gasteiger partial charge is 0.364 e. The summed E-state index contributed by atoms with van der Waals surface area (Å²) in [7, 11) is 1.82. The molecule has 2 aromatic rings. The molecule has 0 atom stereocenters. The molecular weight excluding hydrogens is 195 g/mol. The molecule has 0 saturated heterocycles. The van der Waals surface area contributed by atoms with Crippen LogP contribution >= 0.6 is 0 Å². The highest BCUT2D eigenvalue weighted by atomic mass is 19.1. The van der Waals surface area contributed by atoms with E-state index in [2.05, 4.69) is 15.0 Å². The van der Waals surface area contributed by atoms with Crippen molar-refractivity contribution in [3.05, 3.63) is 41.9 Å². The van der Waals surface area contributed by atoms with Gasteiger partial charge in [-0.15, -0.1) is 0 Å². The topological polar surface area (TPSA) is 38.1 Å². The molecule has 0 unspecified atom stereocenters. The molecule has 0 aliphatic carbocycles. The minimum atomic E-state index is -0.281. The maximum absolute atomic E-state index is 13.6. The first kappa shape index (κ1) is 9.86. The van der Waals surface area contributed by atoms with E-state index in [9.17, 15) is 4.39 Å². The molecule has 0 amide bonds. The van der Waals surface area contributed by atoms with Gasteiger partial charge in [-0.25, -0.2) is 4.39 Å². The first-order valence-electron chi connectivity index (χ1n) is 4.65. The Morgan fingerprint density at radius 3 is 2.87 bits per heavy atom. The molecule has 0 spiro atoms. The van der Waals surface area contributed by atoms with Gasteiger partial charge in [-0.1, -0.05) is 11.2 Å². The number of hydrogen-bond acceptors (Lipinski definition) is 3. The zero-order valence-corrected chi connectivity index (χ0v) is 8.33. The van der Waals surface area contributed by atoms with Crippen LogP contribution in [0.3, 0.4) is 0 Å². The van der Waals surface area contributed by atoms with Crippen LogP contribution in [0.4, 0.5) is 4.39 Å². The van der Waals surface area contributed by atoms with Crippen molar-refractivity contribution in [2.45, 2.75) is 6.54 Å². The van der Waals surface area contributed by atoms with E-state index in [1.54, 1.807) is 12.1 Å². The van der Waals surface area contributed by atoms with Crippen LogP contribution in [-0.4, -0.2) is 12.2 Å². The minimum absolute atomic E-state index is 0.281. The van der Waals surface area contributed by atoms with E-state index >= 15 is 0 Å². The Balaban J connectivity index is 2.35. The predicted octanol–water partition coefficient (Wildman–Crippen LogP) is 2.20. The van der Waals surface area contributed by atoms with Gasteiger partial charge in [-0.3, -0.25) is 0 Å². The molecule has 1 aromatic carbocycles. The SMILES string of the molecule is CNCc1ccc(-c2ccon2)c(F)c1. The Morgan fingerprint density at radius 2 is 2.27 bits per heavy atom. The summed E-state index contributed by atoms with van der Waals surface area (Å²) in [6, 6.07) is 6.71. The van der Waals surface area contributed by atoms with E-state index < -0.39 is 0 Å². The first-order valence-corrected chi connectivity index (χ1v) is 4.65. The Hall–Kier alpha value is -1.68. The summed E-state index contributed by atoms with van der Waals surface area (Å²) >= 11 is 0. The summed E-state index contributed by atoms with van der Waals surface area (Å²) in [5, 5.41) is 6.66. The standard InChI is InChI=1S/C11H11FN2O/c1-13-7-8-2-3-9(10(12)6-8)11-4-5-15-14-11/h2-6,13H,7H2,1H3. The van der Waals surface area contributed by atoms with E-state index in [0.29, 0.717) is 17.8 Å². The molecule has 1 N–H and O–H groups in total. The van der Waals surface area contributed by atoms with Gasteiger partial charge in [-0.2, -0.15) is 0 Å². The highest BCUT2D eigenvalue weighted by Crippen LogP contribution is 2.21. The van der Waals surface area contributed by atoms with E-state index in [0.717, 1.165) is 5.56 Å². The third-order valence-corrected chi connectivity index (χ3v) is 2.13. The Bertz CT molecular complexity index is 440. The molecule has 3 nitrogen and oxygen atoms in total. The molecule has 0 aliphatic heterocycles. The van der Waals surface area contributed by atoms with Crippen LogP contribution in [0.5, 0.6) is 0 Å². The van der Waals surface area contributed by atoms with Crippen molar-refractivity contribution >= 4 is 0 Å². The zero-order valence-electron chi connectivity index (χ0n) is 8.33. The third-order valence-electron chi connectivity index (χ3n) is 2.13. The molecular formula is C11H11FN2O. The molecule has 15 heavy (non-hydrogen) atoms. The predicted molar refractivity (Wildman–Crippen MR) is 54.7 cm³/mol. The van der Waals surface area contributed by atoms with E-state index in [1.807, 2.05) is 13.1 Å². The number of nitrogens with zero attached hydrogens (tertiary/aromatic N) is 1. The van der Waals surface area contributed by atoms with Crippen LogP contribution in [-0.2, 0) is 6.54 Å². The lowest BCUT2D eigenvalue weighted by Crippen LogP contribution is -2.05. The fraction of sp³-hybridized carbons (Fsp3) is 0.182. The minimum Gasteiger partial charge on any atom is -0.364 e. The Morgan fingerprint density at radius 1 is 1.40 bits per heavy atom. The van der Waals surface area contributed by atoms with Gasteiger partial charge in [0, 0.05) is 18.2 Å². The maximum Gasteiger partial charge on any atom is 0.133 e. The average Bonchev–Trinajstić information content (AvgIpc) is 2.71. The average molecular weight is 206 g/mol. The van der Waals surface area contributed by atoms with Crippen LogP contribution in [0.15, 0.2) is 35.1 Å². The first-order chi connectivity index (χ1) is 7.31. The van der Waals surface area contributed by atoms with E-state index in [4.69, 9.17) is 0 Å². The molecule has 1 heterocycles. The van der Waals surface area contributed by atoms with Crippen LogP contribution in [0, 0.1) is 5.82 Å². The van der Waals surface area contributed by atoms with Crippen molar-refractivity contribution in [2.75, 3.05) is 7.05 Å². The number of benzene rings is 1. The number of halogens is 1. The van der Waals surface area contributed by atoms with Crippen molar-refractivity contribution in [1.29, 1.82) is 0 Å². The monoisotopic (exact) mass is 206 g/mol. The highest BCUT2D eigenvalue weighted by molar-refractivity contribution is 5.59. The van der Waals surface area contributed by atoms with Gasteiger partial charge in [-0.05, 0) is 24.7 Å². The van der Waals surface area contributed by atoms with Gasteiger partial charge in [0.15, 0.2) is 0 Å². The third kappa shape index (κ3) is 2.05. The van der Waals surface area contributed by atoms with Gasteiger partial charge in [0.05, 0.1) is 0 Å². The molecule has 0 aliphatic rings. The van der Waals surface area contributed by atoms with Crippen LogP contribution in [0.2, 0.25) is 0 Å².